The minimum atomic E-state index is -4.86. The molecule has 2 aromatic rings. The summed E-state index contributed by atoms with van der Waals surface area (Å²) < 4.78 is 52.7. The van der Waals surface area contributed by atoms with Crippen molar-refractivity contribution < 1.29 is 27.5 Å². The predicted octanol–water partition coefficient (Wildman–Crippen LogP) is 5.29. The molecule has 3 nitrogen and oxygen atoms in total. The summed E-state index contributed by atoms with van der Waals surface area (Å²) in [7, 11) is 0. The molecule has 24 heavy (non-hydrogen) atoms. The molecule has 128 valence electrons. The van der Waals surface area contributed by atoms with Crippen LogP contribution in [0.5, 0.6) is 0 Å². The van der Waals surface area contributed by atoms with Gasteiger partial charge in [-0.25, -0.2) is 4.39 Å². The van der Waals surface area contributed by atoms with E-state index in [4.69, 9.17) is 5.11 Å². The number of nitrogens with one attached hydrogen (secondary N) is 1. The number of aliphatic carboxylic acids is 1. The van der Waals surface area contributed by atoms with E-state index in [2.05, 4.69) is 21.2 Å². The molecule has 8 heteroatoms. The van der Waals surface area contributed by atoms with Gasteiger partial charge in [0.25, 0.3) is 0 Å². The predicted molar refractivity (Wildman–Crippen MR) is 84.9 cm³/mol. The highest BCUT2D eigenvalue weighted by atomic mass is 79.9. The number of halogens is 5. The Kier molecular flexibility index (Phi) is 5.17. The van der Waals surface area contributed by atoms with Crippen LogP contribution >= 0.6 is 15.9 Å². The average Bonchev–Trinajstić information content (AvgIpc) is 2.42. The van der Waals surface area contributed by atoms with Crippen LogP contribution in [-0.4, -0.2) is 11.1 Å². The van der Waals surface area contributed by atoms with Gasteiger partial charge in [-0.05, 0) is 30.7 Å². The second kappa shape index (κ2) is 6.80. The van der Waals surface area contributed by atoms with E-state index in [1.165, 1.54) is 6.07 Å². The molecule has 0 saturated carbocycles. The summed E-state index contributed by atoms with van der Waals surface area (Å²) in [5, 5.41) is 11.5. The summed E-state index contributed by atoms with van der Waals surface area (Å²) in [6, 6.07) is 6.97. The van der Waals surface area contributed by atoms with Crippen LogP contribution in [-0.2, 0) is 17.4 Å². The number of carbonyl (C=O) groups is 1. The fraction of sp³-hybridized carbons (Fsp3) is 0.188. The molecule has 0 aliphatic heterocycles. The summed E-state index contributed by atoms with van der Waals surface area (Å²) in [6.07, 6.45) is -5.20. The lowest BCUT2D eigenvalue weighted by atomic mass is 10.1. The summed E-state index contributed by atoms with van der Waals surface area (Å²) in [5.74, 6) is -2.56. The first-order valence-corrected chi connectivity index (χ1v) is 7.52. The van der Waals surface area contributed by atoms with Crippen molar-refractivity contribution in [2.75, 3.05) is 5.32 Å². The number of alkyl halides is 3. The number of hydrogen-bond donors (Lipinski definition) is 2. The average molecular weight is 406 g/mol. The molecular weight excluding hydrogens is 394 g/mol. The molecular formula is C16H12BrF4NO2. The van der Waals surface area contributed by atoms with Gasteiger partial charge < -0.3 is 10.4 Å². The highest BCUT2D eigenvalue weighted by Crippen LogP contribution is 2.40. The van der Waals surface area contributed by atoms with E-state index in [9.17, 15) is 22.4 Å². The maximum Gasteiger partial charge on any atom is 0.420 e. The lowest BCUT2D eigenvalue weighted by molar-refractivity contribution is -0.140. The monoisotopic (exact) mass is 405 g/mol. The number of anilines is 2. The van der Waals surface area contributed by atoms with Crippen molar-refractivity contribution in [1.29, 1.82) is 0 Å². The minimum Gasteiger partial charge on any atom is -0.481 e. The molecule has 0 bridgehead atoms. The molecule has 0 aliphatic carbocycles. The van der Waals surface area contributed by atoms with E-state index in [-0.39, 0.29) is 17.8 Å². The van der Waals surface area contributed by atoms with Gasteiger partial charge in [0.05, 0.1) is 12.1 Å². The molecule has 0 aliphatic rings. The lowest BCUT2D eigenvalue weighted by Gasteiger charge is -2.16. The molecule has 0 amide bonds. The van der Waals surface area contributed by atoms with Gasteiger partial charge in [-0.2, -0.15) is 13.2 Å². The van der Waals surface area contributed by atoms with E-state index >= 15 is 0 Å². The fourth-order valence-electron chi connectivity index (χ4n) is 2.21. The molecule has 0 atom stereocenters. The molecule has 0 unspecified atom stereocenters. The minimum absolute atomic E-state index is 0.234. The van der Waals surface area contributed by atoms with Crippen LogP contribution in [0.15, 0.2) is 34.8 Å². The van der Waals surface area contributed by atoms with Crippen LogP contribution in [0.1, 0.15) is 16.7 Å². The third-order valence-electron chi connectivity index (χ3n) is 3.25. The van der Waals surface area contributed by atoms with Crippen LogP contribution in [0.3, 0.4) is 0 Å². The van der Waals surface area contributed by atoms with E-state index in [0.29, 0.717) is 5.56 Å². The summed E-state index contributed by atoms with van der Waals surface area (Å²) >= 11 is 2.69. The van der Waals surface area contributed by atoms with Crippen LogP contribution in [0, 0.1) is 12.7 Å². The number of aryl methyl sites for hydroxylation is 1. The fourth-order valence-corrected chi connectivity index (χ4v) is 2.74. The molecule has 0 fully saturated rings. The second-order valence-electron chi connectivity index (χ2n) is 5.14. The smallest absolute Gasteiger partial charge is 0.420 e. The molecule has 0 heterocycles. The molecule has 0 saturated heterocycles. The Morgan fingerprint density at radius 2 is 1.83 bits per heavy atom. The van der Waals surface area contributed by atoms with Crippen molar-refractivity contribution in [3.8, 4) is 0 Å². The summed E-state index contributed by atoms with van der Waals surface area (Å²) in [6.45, 7) is 1.75. The summed E-state index contributed by atoms with van der Waals surface area (Å²) in [5.41, 5.74) is -0.444. The van der Waals surface area contributed by atoms with Gasteiger partial charge >= 0.3 is 12.1 Å². The molecule has 2 N–H and O–H groups in total. The lowest BCUT2D eigenvalue weighted by Crippen LogP contribution is -2.11. The number of carboxylic acid groups (broad SMARTS) is 1. The van der Waals surface area contributed by atoms with Gasteiger partial charge in [0.1, 0.15) is 5.56 Å². The maximum atomic E-state index is 14.3. The van der Waals surface area contributed by atoms with Crippen LogP contribution in [0.25, 0.3) is 0 Å². The maximum absolute atomic E-state index is 14.3. The third-order valence-corrected chi connectivity index (χ3v) is 3.91. The van der Waals surface area contributed by atoms with E-state index < -0.39 is 28.0 Å². The number of hydrogen-bond acceptors (Lipinski definition) is 2. The van der Waals surface area contributed by atoms with Crippen molar-refractivity contribution in [2.24, 2.45) is 0 Å². The van der Waals surface area contributed by atoms with Gasteiger partial charge in [-0.15, -0.1) is 0 Å². The SMILES string of the molecule is Cc1ccc(Nc2ccc(Br)c(C(F)(F)F)c2F)c(CC(=O)O)c1. The van der Waals surface area contributed by atoms with Gasteiger partial charge in [-0.1, -0.05) is 33.6 Å². The first-order chi connectivity index (χ1) is 11.1. The zero-order valence-electron chi connectivity index (χ0n) is 12.3. The Morgan fingerprint density at radius 3 is 2.42 bits per heavy atom. The van der Waals surface area contributed by atoms with Crippen molar-refractivity contribution in [3.05, 3.63) is 57.3 Å². The highest BCUT2D eigenvalue weighted by Gasteiger charge is 2.37. The van der Waals surface area contributed by atoms with Crippen molar-refractivity contribution >= 4 is 33.3 Å². The molecule has 2 aromatic carbocycles. The first-order valence-electron chi connectivity index (χ1n) is 6.73. The molecule has 0 spiro atoms. The highest BCUT2D eigenvalue weighted by molar-refractivity contribution is 9.10. The number of carboxylic acids is 1. The molecule has 0 radical (unpaired) electrons. The van der Waals surface area contributed by atoms with E-state index in [1.807, 2.05) is 0 Å². The van der Waals surface area contributed by atoms with Gasteiger partial charge in [0, 0.05) is 10.2 Å². The quantitative estimate of drug-likeness (QED) is 0.679. The molecule has 2 rings (SSSR count). The van der Waals surface area contributed by atoms with Gasteiger partial charge in [-0.3, -0.25) is 4.79 Å². The van der Waals surface area contributed by atoms with E-state index in [0.717, 1.165) is 17.7 Å². The zero-order valence-corrected chi connectivity index (χ0v) is 13.9. The first kappa shape index (κ1) is 18.3. The topological polar surface area (TPSA) is 49.3 Å². The summed E-state index contributed by atoms with van der Waals surface area (Å²) in [4.78, 5) is 10.9. The normalized spacial score (nSPS) is 11.4. The Labute approximate surface area is 143 Å². The van der Waals surface area contributed by atoms with E-state index in [1.54, 1.807) is 19.1 Å². The largest absolute Gasteiger partial charge is 0.481 e. The van der Waals surface area contributed by atoms with Crippen molar-refractivity contribution in [3.63, 3.8) is 0 Å². The Balaban J connectivity index is 2.48. The van der Waals surface area contributed by atoms with Crippen LogP contribution in [0.2, 0.25) is 0 Å². The number of rotatable bonds is 4. The Morgan fingerprint density at radius 1 is 1.21 bits per heavy atom. The second-order valence-corrected chi connectivity index (χ2v) is 5.99. The van der Waals surface area contributed by atoms with Crippen molar-refractivity contribution in [2.45, 2.75) is 19.5 Å². The van der Waals surface area contributed by atoms with Crippen LogP contribution in [0.4, 0.5) is 28.9 Å². The van der Waals surface area contributed by atoms with Crippen LogP contribution < -0.4 is 5.32 Å². The third kappa shape index (κ3) is 4.05. The van der Waals surface area contributed by atoms with Gasteiger partial charge in [0.2, 0.25) is 0 Å². The van der Waals surface area contributed by atoms with Gasteiger partial charge in [0.15, 0.2) is 5.82 Å². The standard InChI is InChI=1S/C16H12BrF4NO2/c1-8-2-4-11(9(6-8)7-13(23)24)22-12-5-3-10(17)14(15(12)18)16(19,20)21/h2-6,22H,7H2,1H3,(H,23,24). The Hall–Kier alpha value is -2.09. The molecule has 0 aromatic heterocycles. The van der Waals surface area contributed by atoms with Crippen molar-refractivity contribution in [1.82, 2.24) is 0 Å². The Bertz CT molecular complexity index is 790. The number of benzene rings is 2. The zero-order chi connectivity index (χ0) is 18.1.